The number of nitrogens with zero attached hydrogens (tertiary/aromatic N) is 5. The van der Waals surface area contributed by atoms with E-state index in [1.54, 1.807) is 47.2 Å². The molecule has 12 heteroatoms. The Morgan fingerprint density at radius 2 is 1.75 bits per heavy atom. The average molecular weight is 660 g/mol. The summed E-state index contributed by atoms with van der Waals surface area (Å²) in [4.78, 5) is 61.1. The van der Waals surface area contributed by atoms with E-state index >= 15 is 4.39 Å². The standard InChI is InChI=1S/C36H46FN7O4/c1-3-34(46)40-31(36(48)43-19-17-42(18-20-43)27-11-8-15-38-24-27)22-25-12-13-30(29(37)21-25)41-35(47)28(26-9-6-5-7-10-26)23-33(45)32-14-16-39-44(32)4-2/h8,11-16,21,24,26,28,31H,3-7,9-10,17-20,22-23H2,1-2H3,(H,40,46)(H,41,47)/t28-,31+/m0/s1. The Bertz CT molecular complexity index is 1570. The first kappa shape index (κ1) is 34.7. The van der Waals surface area contributed by atoms with Crippen molar-refractivity contribution in [1.82, 2.24) is 25.0 Å². The van der Waals surface area contributed by atoms with Crippen molar-refractivity contribution < 1.29 is 23.6 Å². The Hall–Kier alpha value is -4.61. The summed E-state index contributed by atoms with van der Waals surface area (Å²) in [6.07, 6.45) is 10.2. The smallest absolute Gasteiger partial charge is 0.245 e. The summed E-state index contributed by atoms with van der Waals surface area (Å²) < 4.78 is 17.2. The van der Waals surface area contributed by atoms with E-state index in [0.29, 0.717) is 44.0 Å². The van der Waals surface area contributed by atoms with Crippen molar-refractivity contribution in [1.29, 1.82) is 0 Å². The fraction of sp³-hybridized carbons (Fsp3) is 0.500. The van der Waals surface area contributed by atoms with Crippen molar-refractivity contribution in [2.45, 2.75) is 77.8 Å². The van der Waals surface area contributed by atoms with Crippen LogP contribution in [0, 0.1) is 17.7 Å². The van der Waals surface area contributed by atoms with Crippen LogP contribution in [0.1, 0.15) is 74.8 Å². The highest BCUT2D eigenvalue weighted by molar-refractivity contribution is 6.00. The minimum atomic E-state index is -0.861. The molecule has 2 N–H and O–H groups in total. The highest BCUT2D eigenvalue weighted by Crippen LogP contribution is 2.34. The first-order chi connectivity index (χ1) is 23.3. The van der Waals surface area contributed by atoms with E-state index in [0.717, 1.165) is 37.8 Å². The largest absolute Gasteiger partial charge is 0.367 e. The van der Waals surface area contributed by atoms with E-state index in [1.165, 1.54) is 12.1 Å². The highest BCUT2D eigenvalue weighted by Gasteiger charge is 2.33. The molecule has 0 unspecified atom stereocenters. The van der Waals surface area contributed by atoms with Crippen LogP contribution < -0.4 is 15.5 Å². The van der Waals surface area contributed by atoms with Gasteiger partial charge in [0.15, 0.2) is 5.78 Å². The van der Waals surface area contributed by atoms with Crippen LogP contribution in [0.25, 0.3) is 0 Å². The van der Waals surface area contributed by atoms with Gasteiger partial charge in [-0.3, -0.25) is 28.8 Å². The van der Waals surface area contributed by atoms with Gasteiger partial charge in [-0.05, 0) is 61.6 Å². The molecule has 2 atom stereocenters. The maximum atomic E-state index is 15.6. The van der Waals surface area contributed by atoms with Gasteiger partial charge in [0, 0.05) is 70.3 Å². The fourth-order valence-corrected chi connectivity index (χ4v) is 6.83. The summed E-state index contributed by atoms with van der Waals surface area (Å²) in [5.41, 5.74) is 1.99. The molecular formula is C36H46FN7O4. The third kappa shape index (κ3) is 8.64. The molecule has 48 heavy (non-hydrogen) atoms. The van der Waals surface area contributed by atoms with Crippen LogP contribution >= 0.6 is 0 Å². The van der Waals surface area contributed by atoms with E-state index in [9.17, 15) is 19.2 Å². The van der Waals surface area contributed by atoms with E-state index in [1.807, 2.05) is 19.1 Å². The van der Waals surface area contributed by atoms with Gasteiger partial charge in [0.1, 0.15) is 17.6 Å². The topological polar surface area (TPSA) is 130 Å². The average Bonchev–Trinajstić information content (AvgIpc) is 3.61. The van der Waals surface area contributed by atoms with Crippen LogP contribution in [0.4, 0.5) is 15.8 Å². The van der Waals surface area contributed by atoms with Gasteiger partial charge in [-0.15, -0.1) is 0 Å². The molecular weight excluding hydrogens is 613 g/mol. The van der Waals surface area contributed by atoms with Gasteiger partial charge in [0.25, 0.3) is 0 Å². The predicted molar refractivity (Wildman–Crippen MR) is 181 cm³/mol. The first-order valence-electron chi connectivity index (χ1n) is 17.1. The lowest BCUT2D eigenvalue weighted by atomic mass is 9.77. The number of ketones is 1. The Kier molecular flexibility index (Phi) is 11.9. The lowest BCUT2D eigenvalue weighted by molar-refractivity contribution is -0.136. The highest BCUT2D eigenvalue weighted by atomic mass is 19.1. The summed E-state index contributed by atoms with van der Waals surface area (Å²) in [6.45, 7) is 6.39. The van der Waals surface area contributed by atoms with Crippen LogP contribution in [-0.2, 0) is 27.3 Å². The zero-order valence-electron chi connectivity index (χ0n) is 27.9. The van der Waals surface area contributed by atoms with Gasteiger partial charge in [-0.1, -0.05) is 32.3 Å². The molecule has 2 aromatic heterocycles. The van der Waals surface area contributed by atoms with Crippen LogP contribution in [0.15, 0.2) is 55.0 Å². The monoisotopic (exact) mass is 659 g/mol. The Labute approximate surface area is 281 Å². The molecule has 0 bridgehead atoms. The Morgan fingerprint density at radius 1 is 0.979 bits per heavy atom. The second-order valence-electron chi connectivity index (χ2n) is 12.7. The van der Waals surface area contributed by atoms with Crippen molar-refractivity contribution in [2.75, 3.05) is 36.4 Å². The number of benzene rings is 1. The molecule has 11 nitrogen and oxygen atoms in total. The molecule has 0 radical (unpaired) electrons. The van der Waals surface area contributed by atoms with Crippen molar-refractivity contribution in [3.05, 3.63) is 72.1 Å². The minimum Gasteiger partial charge on any atom is -0.367 e. The molecule has 3 amide bonds. The summed E-state index contributed by atoms with van der Waals surface area (Å²) >= 11 is 0. The number of hydrogen-bond donors (Lipinski definition) is 2. The molecule has 256 valence electrons. The summed E-state index contributed by atoms with van der Waals surface area (Å²) in [6, 6.07) is 9.12. The predicted octanol–water partition coefficient (Wildman–Crippen LogP) is 4.63. The van der Waals surface area contributed by atoms with Crippen LogP contribution in [0.2, 0.25) is 0 Å². The van der Waals surface area contributed by atoms with E-state index in [-0.39, 0.29) is 54.4 Å². The molecule has 1 aliphatic carbocycles. The van der Waals surface area contributed by atoms with Gasteiger partial charge in [-0.25, -0.2) is 4.39 Å². The fourth-order valence-electron chi connectivity index (χ4n) is 6.83. The van der Waals surface area contributed by atoms with Crippen molar-refractivity contribution in [2.24, 2.45) is 11.8 Å². The molecule has 1 aliphatic heterocycles. The number of amides is 3. The van der Waals surface area contributed by atoms with E-state index < -0.39 is 17.8 Å². The SMILES string of the molecule is CCC(=O)N[C@H](Cc1ccc(NC(=O)[C@@H](CC(=O)c2ccnn2CC)C2CCCCC2)c(F)c1)C(=O)N1CCN(c2cccnc2)CC1. The summed E-state index contributed by atoms with van der Waals surface area (Å²) in [5, 5.41) is 9.78. The molecule has 2 fully saturated rings. The van der Waals surface area contributed by atoms with Crippen LogP contribution in [0.3, 0.4) is 0 Å². The number of Topliss-reactive ketones (excluding diaryl/α,β-unsaturated/α-hetero) is 1. The maximum absolute atomic E-state index is 15.6. The molecule has 0 spiro atoms. The lowest BCUT2D eigenvalue weighted by Crippen LogP contribution is -2.55. The number of aromatic nitrogens is 3. The Morgan fingerprint density at radius 3 is 2.42 bits per heavy atom. The normalized spacial score (nSPS) is 16.6. The molecule has 2 aliphatic rings. The van der Waals surface area contributed by atoms with Crippen LogP contribution in [0.5, 0.6) is 0 Å². The number of carbonyl (C=O) groups is 4. The van der Waals surface area contributed by atoms with E-state index in [2.05, 4.69) is 25.6 Å². The molecule has 3 heterocycles. The van der Waals surface area contributed by atoms with Gasteiger partial charge >= 0.3 is 0 Å². The van der Waals surface area contributed by atoms with Crippen molar-refractivity contribution in [3.63, 3.8) is 0 Å². The first-order valence-corrected chi connectivity index (χ1v) is 17.1. The van der Waals surface area contributed by atoms with Crippen molar-refractivity contribution in [3.8, 4) is 0 Å². The second kappa shape index (κ2) is 16.5. The van der Waals surface area contributed by atoms with Gasteiger partial charge in [0.05, 0.1) is 17.6 Å². The number of pyridine rings is 1. The summed E-state index contributed by atoms with van der Waals surface area (Å²) in [7, 11) is 0. The van der Waals surface area contributed by atoms with Crippen LogP contribution in [-0.4, -0.2) is 75.4 Å². The number of rotatable bonds is 13. The van der Waals surface area contributed by atoms with E-state index in [4.69, 9.17) is 0 Å². The third-order valence-electron chi connectivity index (χ3n) is 9.55. The minimum absolute atomic E-state index is 0.0163. The van der Waals surface area contributed by atoms with Crippen molar-refractivity contribution >= 4 is 34.9 Å². The number of piperazine rings is 1. The molecule has 1 aromatic carbocycles. The quantitative estimate of drug-likeness (QED) is 0.256. The molecule has 1 saturated carbocycles. The lowest BCUT2D eigenvalue weighted by Gasteiger charge is -2.37. The summed E-state index contributed by atoms with van der Waals surface area (Å²) in [5.74, 6) is -2.22. The maximum Gasteiger partial charge on any atom is 0.245 e. The number of hydrogen-bond acceptors (Lipinski definition) is 7. The number of aryl methyl sites for hydroxylation is 1. The third-order valence-corrected chi connectivity index (χ3v) is 9.55. The number of halogens is 1. The van der Waals surface area contributed by atoms with Gasteiger partial charge < -0.3 is 20.4 Å². The molecule has 5 rings (SSSR count). The number of nitrogens with one attached hydrogen (secondary N) is 2. The molecule has 1 saturated heterocycles. The number of anilines is 2. The zero-order valence-corrected chi connectivity index (χ0v) is 27.9. The van der Waals surface area contributed by atoms with Gasteiger partial charge in [0.2, 0.25) is 17.7 Å². The van der Waals surface area contributed by atoms with Gasteiger partial charge in [-0.2, -0.15) is 5.10 Å². The second-order valence-corrected chi connectivity index (χ2v) is 12.7. The molecule has 3 aromatic rings. The Balaban J connectivity index is 1.26. The number of carbonyl (C=O) groups excluding carboxylic acids is 4. The zero-order chi connectivity index (χ0) is 34.0.